The smallest absolute Gasteiger partial charge is 0.227 e. The predicted octanol–water partition coefficient (Wildman–Crippen LogP) is 4.99. The van der Waals surface area contributed by atoms with Gasteiger partial charge in [-0.15, -0.1) is 0 Å². The fourth-order valence-electron chi connectivity index (χ4n) is 5.33. The van der Waals surface area contributed by atoms with Crippen LogP contribution in [0, 0.1) is 18.8 Å². The van der Waals surface area contributed by atoms with Gasteiger partial charge in [0.05, 0.1) is 12.3 Å². The molecule has 0 bridgehead atoms. The molecule has 0 radical (unpaired) electrons. The molecular formula is C27H27Br2N3O2+2. The molecule has 7 heteroatoms. The van der Waals surface area contributed by atoms with Gasteiger partial charge in [0.25, 0.3) is 0 Å². The van der Waals surface area contributed by atoms with Gasteiger partial charge in [0.1, 0.15) is 10.0 Å². The molecule has 0 unspecified atom stereocenters. The number of aryl methyl sites for hydroxylation is 3. The van der Waals surface area contributed by atoms with Crippen molar-refractivity contribution in [3.05, 3.63) is 97.3 Å². The Labute approximate surface area is 217 Å². The summed E-state index contributed by atoms with van der Waals surface area (Å²) in [7, 11) is 0. The van der Waals surface area contributed by atoms with Crippen LogP contribution in [-0.4, -0.2) is 34.1 Å². The lowest BCUT2D eigenvalue weighted by Crippen LogP contribution is -2.41. The number of carbonyl (C=O) groups excluding carboxylic acids is 1. The number of likely N-dealkylation sites (tertiary alicyclic amines) is 1. The third kappa shape index (κ3) is 4.73. The van der Waals surface area contributed by atoms with Crippen molar-refractivity contribution in [2.24, 2.45) is 5.92 Å². The predicted molar refractivity (Wildman–Crippen MR) is 137 cm³/mol. The first-order chi connectivity index (χ1) is 16.4. The summed E-state index contributed by atoms with van der Waals surface area (Å²) in [6, 6.07) is 10.3. The summed E-state index contributed by atoms with van der Waals surface area (Å²) in [4.78, 5) is 19.8. The molecule has 174 valence electrons. The van der Waals surface area contributed by atoms with Crippen LogP contribution < -0.4 is 4.73 Å². The second-order valence-electron chi connectivity index (χ2n) is 9.28. The molecule has 1 aliphatic heterocycles. The first-order valence-electron chi connectivity index (χ1n) is 11.7. The summed E-state index contributed by atoms with van der Waals surface area (Å²) in [6.07, 6.45) is 9.11. The van der Waals surface area contributed by atoms with Gasteiger partial charge in [0.2, 0.25) is 18.3 Å². The molecule has 0 spiro atoms. The largest absolute Gasteiger partial charge is 0.342 e. The van der Waals surface area contributed by atoms with Crippen molar-refractivity contribution in [2.75, 3.05) is 13.1 Å². The Morgan fingerprint density at radius 1 is 1.21 bits per heavy atom. The fourth-order valence-corrected chi connectivity index (χ4v) is 6.54. The quantitative estimate of drug-likeness (QED) is 0.268. The minimum absolute atomic E-state index is 0.107. The normalized spacial score (nSPS) is 16.1. The lowest BCUT2D eigenvalue weighted by atomic mass is 9.76. The van der Waals surface area contributed by atoms with Crippen LogP contribution >= 0.6 is 31.9 Å². The molecule has 1 amide bonds. The second-order valence-corrected chi connectivity index (χ2v) is 11.0. The Hall–Kier alpha value is -2.38. The van der Waals surface area contributed by atoms with Crippen LogP contribution in [0.25, 0.3) is 0 Å². The molecule has 1 aromatic carbocycles. The van der Waals surface area contributed by atoms with Gasteiger partial charge in [-0.25, -0.2) is 4.98 Å². The third-order valence-electron chi connectivity index (χ3n) is 6.90. The van der Waals surface area contributed by atoms with Crippen LogP contribution in [0.15, 0.2) is 57.9 Å². The average Bonchev–Trinajstić information content (AvgIpc) is 2.96. The number of amides is 1. The van der Waals surface area contributed by atoms with Crippen LogP contribution in [-0.2, 0) is 24.1 Å². The van der Waals surface area contributed by atoms with Gasteiger partial charge >= 0.3 is 0 Å². The zero-order chi connectivity index (χ0) is 23.8. The van der Waals surface area contributed by atoms with Gasteiger partial charge in [-0.1, -0.05) is 0 Å². The zero-order valence-electron chi connectivity index (χ0n) is 19.1. The summed E-state index contributed by atoms with van der Waals surface area (Å²) < 4.78 is 3.14. The number of fused-ring (bicyclic) bond motifs is 2. The van der Waals surface area contributed by atoms with Crippen molar-refractivity contribution in [2.45, 2.75) is 39.0 Å². The number of hydrogen-bond acceptors (Lipinski definition) is 3. The minimum Gasteiger partial charge on any atom is -0.342 e. The van der Waals surface area contributed by atoms with Crippen LogP contribution in [0.4, 0.5) is 0 Å². The van der Waals surface area contributed by atoms with E-state index in [0.717, 1.165) is 63.7 Å². The highest BCUT2D eigenvalue weighted by Crippen LogP contribution is 2.45. The summed E-state index contributed by atoms with van der Waals surface area (Å²) in [5.41, 5.74) is 7.12. The molecule has 3 aromatic rings. The highest BCUT2D eigenvalue weighted by Gasteiger charge is 2.41. The number of rotatable bonds is 3. The van der Waals surface area contributed by atoms with Gasteiger partial charge < -0.3 is 4.90 Å². The number of carbonyl (C=O) groups is 1. The van der Waals surface area contributed by atoms with E-state index in [2.05, 4.69) is 57.0 Å². The number of benzene rings is 1. The number of pyridine rings is 2. The van der Waals surface area contributed by atoms with Crippen molar-refractivity contribution < 1.29 is 14.7 Å². The molecule has 1 N–H and O–H groups in total. The second kappa shape index (κ2) is 9.70. The van der Waals surface area contributed by atoms with E-state index in [0.29, 0.717) is 12.3 Å². The molecule has 1 aliphatic carbocycles. The van der Waals surface area contributed by atoms with E-state index in [9.17, 15) is 10.0 Å². The SMILES string of the molecule is Cc1cc(Br)c2c(c1)CCc1cc(Br)cnc1[C+]2C1CCN(C(=O)Cc2ccc[n+](O)c2)CC1. The first-order valence-corrected chi connectivity index (χ1v) is 13.3. The lowest BCUT2D eigenvalue weighted by Gasteiger charge is -2.34. The molecule has 34 heavy (non-hydrogen) atoms. The van der Waals surface area contributed by atoms with Gasteiger partial charge in [-0.2, -0.15) is 0 Å². The topological polar surface area (TPSA) is 57.3 Å². The molecule has 1 saturated heterocycles. The van der Waals surface area contributed by atoms with Gasteiger partial charge in [-0.05, 0) is 59.5 Å². The standard InChI is InChI=1S/C27H27Br2N3O2/c1-17-11-20-4-5-21-14-22(28)15-30-27(21)26(25(20)23(29)12-17)19-6-9-31(10-7-19)24(33)13-18-3-2-8-32(34)16-18/h2-3,8,11-12,14-16,19,34H,4-7,9-10,13H2,1H3/q+2. The van der Waals surface area contributed by atoms with Crippen molar-refractivity contribution >= 4 is 37.8 Å². The highest BCUT2D eigenvalue weighted by molar-refractivity contribution is 9.10. The first kappa shape index (κ1) is 23.4. The number of nitrogens with zero attached hydrogens (tertiary/aromatic N) is 3. The van der Waals surface area contributed by atoms with E-state index in [1.807, 2.05) is 17.2 Å². The van der Waals surface area contributed by atoms with Crippen molar-refractivity contribution in [3.8, 4) is 0 Å². The average molecular weight is 585 g/mol. The molecule has 0 saturated carbocycles. The van der Waals surface area contributed by atoms with E-state index in [1.54, 1.807) is 18.5 Å². The molecular weight excluding hydrogens is 558 g/mol. The maximum Gasteiger partial charge on any atom is 0.227 e. The van der Waals surface area contributed by atoms with Gasteiger partial charge in [0, 0.05) is 92.0 Å². The van der Waals surface area contributed by atoms with Crippen molar-refractivity contribution in [1.82, 2.24) is 9.88 Å². The lowest BCUT2D eigenvalue weighted by molar-refractivity contribution is -0.905. The number of hydrogen-bond donors (Lipinski definition) is 1. The molecule has 2 aliphatic rings. The Morgan fingerprint density at radius 2 is 1.97 bits per heavy atom. The molecule has 0 atom stereocenters. The fraction of sp³-hybridized carbons (Fsp3) is 0.333. The Morgan fingerprint density at radius 3 is 2.74 bits per heavy atom. The number of halogens is 2. The Balaban J connectivity index is 1.40. The molecule has 3 heterocycles. The highest BCUT2D eigenvalue weighted by atomic mass is 79.9. The maximum atomic E-state index is 12.9. The van der Waals surface area contributed by atoms with E-state index >= 15 is 0 Å². The molecule has 2 aromatic heterocycles. The summed E-state index contributed by atoms with van der Waals surface area (Å²) in [5, 5.41) is 9.63. The monoisotopic (exact) mass is 583 g/mol. The van der Waals surface area contributed by atoms with Crippen LogP contribution in [0.3, 0.4) is 0 Å². The number of aromatic nitrogens is 2. The Kier molecular flexibility index (Phi) is 6.67. The van der Waals surface area contributed by atoms with Gasteiger partial charge in [-0.3, -0.25) is 10.0 Å². The van der Waals surface area contributed by atoms with E-state index in [-0.39, 0.29) is 5.91 Å². The van der Waals surface area contributed by atoms with E-state index < -0.39 is 0 Å². The minimum atomic E-state index is 0.107. The third-order valence-corrected chi connectivity index (χ3v) is 7.96. The Bertz CT molecular complexity index is 1240. The summed E-state index contributed by atoms with van der Waals surface area (Å²) in [6.45, 7) is 3.60. The molecule has 5 rings (SSSR count). The van der Waals surface area contributed by atoms with Crippen LogP contribution in [0.2, 0.25) is 0 Å². The van der Waals surface area contributed by atoms with Crippen LogP contribution in [0.1, 0.15) is 46.4 Å². The summed E-state index contributed by atoms with van der Waals surface area (Å²) in [5.74, 6) is 1.76. The molecule has 1 fully saturated rings. The molecule has 5 nitrogen and oxygen atoms in total. The van der Waals surface area contributed by atoms with E-state index in [1.165, 1.54) is 28.2 Å². The van der Waals surface area contributed by atoms with Gasteiger partial charge in [0.15, 0.2) is 5.69 Å². The van der Waals surface area contributed by atoms with Crippen LogP contribution in [0.5, 0.6) is 0 Å². The summed E-state index contributed by atoms with van der Waals surface area (Å²) >= 11 is 7.48. The number of piperidine rings is 1. The van der Waals surface area contributed by atoms with Crippen molar-refractivity contribution in [1.29, 1.82) is 0 Å². The van der Waals surface area contributed by atoms with Crippen molar-refractivity contribution in [3.63, 3.8) is 0 Å². The zero-order valence-corrected chi connectivity index (χ0v) is 22.3. The van der Waals surface area contributed by atoms with E-state index in [4.69, 9.17) is 4.98 Å². The maximum absolute atomic E-state index is 12.9.